The Hall–Kier alpha value is -1.37. The molecule has 2 heterocycles. The van der Waals surface area contributed by atoms with E-state index in [1.54, 1.807) is 6.20 Å². The van der Waals surface area contributed by atoms with Crippen molar-refractivity contribution in [1.82, 2.24) is 9.55 Å². The largest absolute Gasteiger partial charge is 0.453 e. The number of halogens is 1. The average molecular weight is 368 g/mol. The minimum absolute atomic E-state index is 0.0594. The molecule has 1 aromatic carbocycles. The predicted molar refractivity (Wildman–Crippen MR) is 79.0 cm³/mol. The second kappa shape index (κ2) is 4.33. The summed E-state index contributed by atoms with van der Waals surface area (Å²) in [5.41, 5.74) is 1.02. The SMILES string of the molecule is CC1(C)OC(=O)c2ccccc2[C@@H]1n1ccnc1I. The lowest BCUT2D eigenvalue weighted by molar-refractivity contribution is -0.0265. The van der Waals surface area contributed by atoms with Gasteiger partial charge in [-0.2, -0.15) is 0 Å². The molecule has 0 fully saturated rings. The highest BCUT2D eigenvalue weighted by Gasteiger charge is 2.43. The molecule has 98 valence electrons. The van der Waals surface area contributed by atoms with Crippen LogP contribution in [0.1, 0.15) is 35.8 Å². The topological polar surface area (TPSA) is 44.1 Å². The number of fused-ring (bicyclic) bond motifs is 1. The number of hydrogen-bond acceptors (Lipinski definition) is 3. The van der Waals surface area contributed by atoms with E-state index < -0.39 is 5.60 Å². The highest BCUT2D eigenvalue weighted by molar-refractivity contribution is 14.1. The van der Waals surface area contributed by atoms with Crippen molar-refractivity contribution in [3.8, 4) is 0 Å². The van der Waals surface area contributed by atoms with Gasteiger partial charge in [-0.3, -0.25) is 0 Å². The molecule has 5 heteroatoms. The van der Waals surface area contributed by atoms with Crippen LogP contribution >= 0.6 is 22.6 Å². The maximum absolute atomic E-state index is 12.1. The van der Waals surface area contributed by atoms with Gasteiger partial charge in [0.1, 0.15) is 11.6 Å². The smallest absolute Gasteiger partial charge is 0.339 e. The van der Waals surface area contributed by atoms with E-state index in [0.29, 0.717) is 5.56 Å². The molecular formula is C14H13IN2O2. The zero-order valence-corrected chi connectivity index (χ0v) is 12.8. The molecule has 0 aliphatic carbocycles. The van der Waals surface area contributed by atoms with E-state index in [-0.39, 0.29) is 12.0 Å². The molecule has 3 rings (SSSR count). The molecule has 0 bridgehead atoms. The highest BCUT2D eigenvalue weighted by Crippen LogP contribution is 2.40. The molecule has 4 nitrogen and oxygen atoms in total. The Kier molecular flexibility index (Phi) is 2.88. The normalized spacial score (nSPS) is 20.8. The summed E-state index contributed by atoms with van der Waals surface area (Å²) in [5.74, 6) is -0.257. The number of esters is 1. The monoisotopic (exact) mass is 368 g/mol. The van der Waals surface area contributed by atoms with E-state index >= 15 is 0 Å². The lowest BCUT2D eigenvalue weighted by Crippen LogP contribution is -2.43. The van der Waals surface area contributed by atoms with Crippen LogP contribution in [-0.4, -0.2) is 21.1 Å². The molecule has 0 saturated heterocycles. The predicted octanol–water partition coefficient (Wildman–Crippen LogP) is 3.03. The average Bonchev–Trinajstić information content (AvgIpc) is 2.75. The van der Waals surface area contributed by atoms with E-state index in [4.69, 9.17) is 4.74 Å². The van der Waals surface area contributed by atoms with Crippen molar-refractivity contribution >= 4 is 28.6 Å². The molecule has 19 heavy (non-hydrogen) atoms. The fourth-order valence-corrected chi connectivity index (χ4v) is 3.22. The van der Waals surface area contributed by atoms with E-state index in [9.17, 15) is 4.79 Å². The molecule has 0 N–H and O–H groups in total. The number of rotatable bonds is 1. The zero-order valence-electron chi connectivity index (χ0n) is 10.6. The van der Waals surface area contributed by atoms with Gasteiger partial charge in [-0.1, -0.05) is 18.2 Å². The number of hydrogen-bond donors (Lipinski definition) is 0. The third-order valence-electron chi connectivity index (χ3n) is 3.39. The maximum atomic E-state index is 12.1. The molecule has 0 radical (unpaired) electrons. The minimum atomic E-state index is -0.605. The number of ether oxygens (including phenoxy) is 1. The van der Waals surface area contributed by atoms with Gasteiger partial charge in [-0.25, -0.2) is 9.78 Å². The molecule has 0 unspecified atom stereocenters. The summed E-state index contributed by atoms with van der Waals surface area (Å²) in [6, 6.07) is 7.54. The van der Waals surface area contributed by atoms with E-state index in [1.807, 2.05) is 48.9 Å². The Morgan fingerprint density at radius 1 is 1.37 bits per heavy atom. The summed E-state index contributed by atoms with van der Waals surface area (Å²) in [6.45, 7) is 3.86. The molecule has 1 aliphatic rings. The van der Waals surface area contributed by atoms with Gasteiger partial charge in [-0.05, 0) is 48.1 Å². The summed E-state index contributed by atoms with van der Waals surface area (Å²) in [5, 5.41) is 0. The first kappa shape index (κ1) is 12.7. The summed E-state index contributed by atoms with van der Waals surface area (Å²) in [7, 11) is 0. The first-order chi connectivity index (χ1) is 9.00. The Morgan fingerprint density at radius 2 is 2.11 bits per heavy atom. The van der Waals surface area contributed by atoms with Crippen molar-refractivity contribution in [2.75, 3.05) is 0 Å². The number of imidazole rings is 1. The van der Waals surface area contributed by atoms with Crippen molar-refractivity contribution in [1.29, 1.82) is 0 Å². The zero-order chi connectivity index (χ0) is 13.6. The number of nitrogens with zero attached hydrogens (tertiary/aromatic N) is 2. The van der Waals surface area contributed by atoms with Crippen molar-refractivity contribution in [2.45, 2.75) is 25.5 Å². The third-order valence-corrected chi connectivity index (χ3v) is 4.22. The van der Waals surface area contributed by atoms with Crippen LogP contribution in [0.3, 0.4) is 0 Å². The molecule has 1 aromatic heterocycles. The van der Waals surface area contributed by atoms with Crippen molar-refractivity contribution < 1.29 is 9.53 Å². The van der Waals surface area contributed by atoms with Crippen LogP contribution in [0.15, 0.2) is 36.7 Å². The number of benzene rings is 1. The fraction of sp³-hybridized carbons (Fsp3) is 0.286. The van der Waals surface area contributed by atoms with Gasteiger partial charge in [0.25, 0.3) is 0 Å². The summed E-state index contributed by atoms with van der Waals surface area (Å²) in [6.07, 6.45) is 3.68. The Labute approximate surface area is 124 Å². The van der Waals surface area contributed by atoms with Crippen LogP contribution in [0.2, 0.25) is 0 Å². The van der Waals surface area contributed by atoms with Crippen LogP contribution in [0.25, 0.3) is 0 Å². The molecule has 0 saturated carbocycles. The molecule has 0 spiro atoms. The second-order valence-electron chi connectivity index (χ2n) is 5.09. The van der Waals surface area contributed by atoms with Crippen molar-refractivity contribution in [2.24, 2.45) is 0 Å². The van der Waals surface area contributed by atoms with Gasteiger partial charge in [0.05, 0.1) is 5.56 Å². The quantitative estimate of drug-likeness (QED) is 0.574. The van der Waals surface area contributed by atoms with E-state index in [2.05, 4.69) is 27.6 Å². The molecule has 0 amide bonds. The molecule has 2 aromatic rings. The summed E-state index contributed by atoms with van der Waals surface area (Å²) in [4.78, 5) is 16.3. The second-order valence-corrected chi connectivity index (χ2v) is 6.05. The number of carbonyl (C=O) groups excluding carboxylic acids is 1. The summed E-state index contributed by atoms with van der Waals surface area (Å²) < 4.78 is 8.53. The first-order valence-corrected chi connectivity index (χ1v) is 7.09. The van der Waals surface area contributed by atoms with Gasteiger partial charge in [-0.15, -0.1) is 0 Å². The summed E-state index contributed by atoms with van der Waals surface area (Å²) >= 11 is 2.19. The Morgan fingerprint density at radius 3 is 2.79 bits per heavy atom. The lowest BCUT2D eigenvalue weighted by Gasteiger charge is -2.40. The van der Waals surface area contributed by atoms with Gasteiger partial charge in [0.15, 0.2) is 3.83 Å². The van der Waals surface area contributed by atoms with Gasteiger partial charge < -0.3 is 9.30 Å². The standard InChI is InChI=1S/C14H13IN2O2/c1-14(2)11(17-8-7-16-13(17)15)9-5-3-4-6-10(9)12(18)19-14/h3-8,11H,1-2H3/t11-/m0/s1. The van der Waals surface area contributed by atoms with Crippen LogP contribution in [0.5, 0.6) is 0 Å². The van der Waals surface area contributed by atoms with Crippen LogP contribution in [-0.2, 0) is 4.74 Å². The highest BCUT2D eigenvalue weighted by atomic mass is 127. The Bertz CT molecular complexity index is 648. The van der Waals surface area contributed by atoms with Gasteiger partial charge >= 0.3 is 5.97 Å². The van der Waals surface area contributed by atoms with Crippen LogP contribution in [0, 0.1) is 3.83 Å². The van der Waals surface area contributed by atoms with Gasteiger partial charge in [0, 0.05) is 12.4 Å². The van der Waals surface area contributed by atoms with Crippen molar-refractivity contribution in [3.63, 3.8) is 0 Å². The van der Waals surface area contributed by atoms with E-state index in [1.165, 1.54) is 0 Å². The number of cyclic esters (lactones) is 1. The van der Waals surface area contributed by atoms with Crippen LogP contribution < -0.4 is 0 Å². The van der Waals surface area contributed by atoms with Gasteiger partial charge in [0.2, 0.25) is 0 Å². The number of aromatic nitrogens is 2. The molecule has 1 atom stereocenters. The minimum Gasteiger partial charge on any atom is -0.453 e. The molecule has 1 aliphatic heterocycles. The number of carbonyl (C=O) groups is 1. The van der Waals surface area contributed by atoms with Crippen molar-refractivity contribution in [3.05, 3.63) is 51.6 Å². The van der Waals surface area contributed by atoms with Crippen LogP contribution in [0.4, 0.5) is 0 Å². The maximum Gasteiger partial charge on any atom is 0.339 e. The third kappa shape index (κ3) is 1.96. The molecular weight excluding hydrogens is 355 g/mol. The van der Waals surface area contributed by atoms with E-state index in [0.717, 1.165) is 9.39 Å². The first-order valence-electron chi connectivity index (χ1n) is 6.01. The lowest BCUT2D eigenvalue weighted by atomic mass is 9.86. The Balaban J connectivity index is 2.24. The fourth-order valence-electron chi connectivity index (χ4n) is 2.62.